The molecule has 2 aromatic rings. The molecule has 0 unspecified atom stereocenters. The van der Waals surface area contributed by atoms with Crippen LogP contribution in [0.15, 0.2) is 42.7 Å². The smallest absolute Gasteiger partial charge is 0.255 e. The van der Waals surface area contributed by atoms with Crippen molar-refractivity contribution in [2.45, 2.75) is 26.2 Å². The molecule has 144 valence electrons. The number of piperazine rings is 1. The highest BCUT2D eigenvalue weighted by Crippen LogP contribution is 2.18. The molecule has 1 aliphatic rings. The quantitative estimate of drug-likeness (QED) is 0.754. The predicted octanol–water partition coefficient (Wildman–Crippen LogP) is 3.79. The fourth-order valence-electron chi connectivity index (χ4n) is 3.26. The van der Waals surface area contributed by atoms with Crippen molar-refractivity contribution in [3.8, 4) is 0 Å². The first-order valence-corrected chi connectivity index (χ1v) is 9.66. The summed E-state index contributed by atoms with van der Waals surface area (Å²) >= 11 is 0. The topological polar surface area (TPSA) is 48.5 Å². The molecule has 0 bridgehead atoms. The Morgan fingerprint density at radius 3 is 2.56 bits per heavy atom. The highest BCUT2D eigenvalue weighted by atomic mass is 19.1. The monoisotopic (exact) mass is 370 g/mol. The molecular formula is C21H27FN4O. The number of carbonyl (C=O) groups is 1. The SMILES string of the molecule is CCCCCNc1cncc(C(=O)N2CCN(c3ccc(F)cc3)CC2)c1. The minimum Gasteiger partial charge on any atom is -0.384 e. The molecular weight excluding hydrogens is 343 g/mol. The normalized spacial score (nSPS) is 14.3. The molecule has 1 aliphatic heterocycles. The van der Waals surface area contributed by atoms with E-state index in [4.69, 9.17) is 0 Å². The Labute approximate surface area is 160 Å². The third kappa shape index (κ3) is 5.18. The van der Waals surface area contributed by atoms with Gasteiger partial charge in [0.15, 0.2) is 0 Å². The number of hydrogen-bond acceptors (Lipinski definition) is 4. The van der Waals surface area contributed by atoms with Crippen LogP contribution in [-0.4, -0.2) is 48.5 Å². The van der Waals surface area contributed by atoms with E-state index in [2.05, 4.69) is 22.1 Å². The number of hydrogen-bond donors (Lipinski definition) is 1. The Bertz CT molecular complexity index is 742. The van der Waals surface area contributed by atoms with Crippen molar-refractivity contribution in [1.82, 2.24) is 9.88 Å². The number of amides is 1. The standard InChI is InChI=1S/C21H27FN4O/c1-2-3-4-9-24-19-14-17(15-23-16-19)21(27)26-12-10-25(11-13-26)20-7-5-18(22)6-8-20/h5-8,14-16,24H,2-4,9-13H2,1H3. The zero-order valence-electron chi connectivity index (χ0n) is 15.8. The summed E-state index contributed by atoms with van der Waals surface area (Å²) in [6.45, 7) is 5.83. The lowest BCUT2D eigenvalue weighted by Crippen LogP contribution is -2.48. The first-order valence-electron chi connectivity index (χ1n) is 9.66. The third-order valence-electron chi connectivity index (χ3n) is 4.85. The molecule has 27 heavy (non-hydrogen) atoms. The largest absolute Gasteiger partial charge is 0.384 e. The summed E-state index contributed by atoms with van der Waals surface area (Å²) in [6.07, 6.45) is 6.88. The Morgan fingerprint density at radius 2 is 1.85 bits per heavy atom. The average molecular weight is 370 g/mol. The van der Waals surface area contributed by atoms with Crippen LogP contribution in [0.5, 0.6) is 0 Å². The molecule has 1 N–H and O–H groups in total. The number of nitrogens with one attached hydrogen (secondary N) is 1. The van der Waals surface area contributed by atoms with Gasteiger partial charge in [-0.25, -0.2) is 4.39 Å². The average Bonchev–Trinajstić information content (AvgIpc) is 2.72. The molecule has 6 heteroatoms. The summed E-state index contributed by atoms with van der Waals surface area (Å²) in [5, 5.41) is 3.34. The Morgan fingerprint density at radius 1 is 1.11 bits per heavy atom. The first kappa shape index (κ1) is 19.1. The fourth-order valence-corrected chi connectivity index (χ4v) is 3.26. The Balaban J connectivity index is 1.55. The van der Waals surface area contributed by atoms with Gasteiger partial charge in [0, 0.05) is 50.8 Å². The van der Waals surface area contributed by atoms with Crippen molar-refractivity contribution in [1.29, 1.82) is 0 Å². The molecule has 2 heterocycles. The number of pyridine rings is 1. The minimum absolute atomic E-state index is 0.0125. The fraction of sp³-hybridized carbons (Fsp3) is 0.429. The van der Waals surface area contributed by atoms with Gasteiger partial charge in [-0.3, -0.25) is 9.78 Å². The van der Waals surface area contributed by atoms with Crippen molar-refractivity contribution in [2.24, 2.45) is 0 Å². The zero-order valence-corrected chi connectivity index (χ0v) is 15.8. The lowest BCUT2D eigenvalue weighted by atomic mass is 10.2. The molecule has 1 amide bonds. The van der Waals surface area contributed by atoms with E-state index in [-0.39, 0.29) is 11.7 Å². The number of aromatic nitrogens is 1. The summed E-state index contributed by atoms with van der Waals surface area (Å²) in [4.78, 5) is 21.1. The van der Waals surface area contributed by atoms with E-state index in [9.17, 15) is 9.18 Å². The van der Waals surface area contributed by atoms with Gasteiger partial charge in [-0.2, -0.15) is 0 Å². The maximum absolute atomic E-state index is 13.1. The van der Waals surface area contributed by atoms with Gasteiger partial charge in [-0.15, -0.1) is 0 Å². The lowest BCUT2D eigenvalue weighted by molar-refractivity contribution is 0.0746. The van der Waals surface area contributed by atoms with Gasteiger partial charge < -0.3 is 15.1 Å². The molecule has 0 atom stereocenters. The molecule has 0 spiro atoms. The van der Waals surface area contributed by atoms with Gasteiger partial charge >= 0.3 is 0 Å². The van der Waals surface area contributed by atoms with Crippen LogP contribution in [0, 0.1) is 5.82 Å². The predicted molar refractivity (Wildman–Crippen MR) is 107 cm³/mol. The van der Waals surface area contributed by atoms with Crippen molar-refractivity contribution < 1.29 is 9.18 Å². The van der Waals surface area contributed by atoms with Crippen LogP contribution in [0.4, 0.5) is 15.8 Å². The Hall–Kier alpha value is -2.63. The van der Waals surface area contributed by atoms with E-state index in [0.29, 0.717) is 18.7 Å². The van der Waals surface area contributed by atoms with Crippen LogP contribution in [0.1, 0.15) is 36.5 Å². The lowest BCUT2D eigenvalue weighted by Gasteiger charge is -2.36. The molecule has 5 nitrogen and oxygen atoms in total. The molecule has 0 aliphatic carbocycles. The van der Waals surface area contributed by atoms with Crippen molar-refractivity contribution in [3.63, 3.8) is 0 Å². The van der Waals surface area contributed by atoms with Crippen LogP contribution < -0.4 is 10.2 Å². The van der Waals surface area contributed by atoms with E-state index >= 15 is 0 Å². The molecule has 1 fully saturated rings. The van der Waals surface area contributed by atoms with E-state index in [1.807, 2.05) is 11.0 Å². The third-order valence-corrected chi connectivity index (χ3v) is 4.85. The van der Waals surface area contributed by atoms with Crippen molar-refractivity contribution >= 4 is 17.3 Å². The summed E-state index contributed by atoms with van der Waals surface area (Å²) < 4.78 is 13.1. The summed E-state index contributed by atoms with van der Waals surface area (Å²) in [5.74, 6) is -0.221. The van der Waals surface area contributed by atoms with Gasteiger partial charge in [-0.05, 0) is 36.8 Å². The second-order valence-electron chi connectivity index (χ2n) is 6.85. The van der Waals surface area contributed by atoms with Crippen LogP contribution in [0.2, 0.25) is 0 Å². The van der Waals surface area contributed by atoms with Gasteiger partial charge in [0.1, 0.15) is 5.82 Å². The summed E-state index contributed by atoms with van der Waals surface area (Å²) in [5.41, 5.74) is 2.50. The number of rotatable bonds is 7. The second kappa shape index (κ2) is 9.35. The second-order valence-corrected chi connectivity index (χ2v) is 6.85. The van der Waals surface area contributed by atoms with Crippen LogP contribution in [0.25, 0.3) is 0 Å². The van der Waals surface area contributed by atoms with E-state index in [0.717, 1.165) is 37.4 Å². The van der Waals surface area contributed by atoms with Crippen molar-refractivity contribution in [2.75, 3.05) is 42.9 Å². The minimum atomic E-state index is -0.233. The number of halogens is 1. The van der Waals surface area contributed by atoms with Gasteiger partial charge in [-0.1, -0.05) is 19.8 Å². The number of anilines is 2. The maximum atomic E-state index is 13.1. The number of carbonyl (C=O) groups excluding carboxylic acids is 1. The highest BCUT2D eigenvalue weighted by Gasteiger charge is 2.22. The summed E-state index contributed by atoms with van der Waals surface area (Å²) in [6, 6.07) is 8.39. The maximum Gasteiger partial charge on any atom is 0.255 e. The number of unbranched alkanes of at least 4 members (excludes halogenated alkanes) is 2. The zero-order chi connectivity index (χ0) is 19.1. The first-order chi connectivity index (χ1) is 13.2. The highest BCUT2D eigenvalue weighted by molar-refractivity contribution is 5.95. The Kier molecular flexibility index (Phi) is 6.63. The van der Waals surface area contributed by atoms with Crippen LogP contribution in [-0.2, 0) is 0 Å². The van der Waals surface area contributed by atoms with Gasteiger partial charge in [0.2, 0.25) is 0 Å². The molecule has 0 saturated carbocycles. The number of nitrogens with zero attached hydrogens (tertiary/aromatic N) is 3. The van der Waals surface area contributed by atoms with Gasteiger partial charge in [0.05, 0.1) is 11.3 Å². The van der Waals surface area contributed by atoms with E-state index in [1.54, 1.807) is 24.5 Å². The summed E-state index contributed by atoms with van der Waals surface area (Å²) in [7, 11) is 0. The van der Waals surface area contributed by atoms with Crippen molar-refractivity contribution in [3.05, 3.63) is 54.1 Å². The van der Waals surface area contributed by atoms with Crippen LogP contribution >= 0.6 is 0 Å². The molecule has 0 radical (unpaired) electrons. The van der Waals surface area contributed by atoms with E-state index < -0.39 is 0 Å². The molecule has 3 rings (SSSR count). The molecule has 1 saturated heterocycles. The number of benzene rings is 1. The molecule has 1 aromatic heterocycles. The van der Waals surface area contributed by atoms with Gasteiger partial charge in [0.25, 0.3) is 5.91 Å². The van der Waals surface area contributed by atoms with E-state index in [1.165, 1.54) is 25.0 Å². The molecule has 1 aromatic carbocycles. The van der Waals surface area contributed by atoms with Crippen LogP contribution in [0.3, 0.4) is 0 Å².